The van der Waals surface area contributed by atoms with Crippen molar-refractivity contribution in [3.63, 3.8) is 0 Å². The Morgan fingerprint density at radius 3 is 2.80 bits per heavy atom. The Balaban J connectivity index is 1.79. The van der Waals surface area contributed by atoms with E-state index in [0.29, 0.717) is 18.2 Å². The normalized spacial score (nSPS) is 17.4. The number of rotatable bonds is 5. The maximum atomic E-state index is 12.1. The fourth-order valence-electron chi connectivity index (χ4n) is 2.50. The molecule has 1 aliphatic heterocycles. The van der Waals surface area contributed by atoms with E-state index < -0.39 is 0 Å². The Morgan fingerprint density at radius 1 is 1.50 bits per heavy atom. The molecule has 7 nitrogen and oxygen atoms in total. The van der Waals surface area contributed by atoms with Crippen LogP contribution in [0.3, 0.4) is 0 Å². The van der Waals surface area contributed by atoms with E-state index in [4.69, 9.17) is 5.73 Å². The Labute approximate surface area is 119 Å². The number of nitrogens with two attached hydrogens (primary N) is 1. The number of carbonyl (C=O) groups excluding carboxylic acids is 1. The van der Waals surface area contributed by atoms with Crippen molar-refractivity contribution >= 4 is 5.91 Å². The molecule has 2 heterocycles. The largest absolute Gasteiger partial charge is 0.344 e. The molecule has 0 atom stereocenters. The molecule has 112 valence electrons. The highest BCUT2D eigenvalue weighted by Crippen LogP contribution is 2.16. The molecule has 0 aromatic carbocycles. The quantitative estimate of drug-likeness (QED) is 0.789. The topological polar surface area (TPSA) is 80.3 Å². The Morgan fingerprint density at radius 2 is 2.20 bits per heavy atom. The van der Waals surface area contributed by atoms with E-state index in [1.165, 1.54) is 0 Å². The highest BCUT2D eigenvalue weighted by molar-refractivity contribution is 5.75. The maximum absolute atomic E-state index is 12.1. The summed E-state index contributed by atoms with van der Waals surface area (Å²) in [5.41, 5.74) is 6.18. The van der Waals surface area contributed by atoms with Gasteiger partial charge >= 0.3 is 0 Å². The van der Waals surface area contributed by atoms with Crippen LogP contribution in [0, 0.1) is 5.92 Å². The van der Waals surface area contributed by atoms with Crippen LogP contribution in [0.4, 0.5) is 0 Å². The third kappa shape index (κ3) is 4.01. The number of nitrogens with zero attached hydrogens (tertiary/aromatic N) is 5. The van der Waals surface area contributed by atoms with Crippen LogP contribution < -0.4 is 5.73 Å². The van der Waals surface area contributed by atoms with Crippen LogP contribution in [0.15, 0.2) is 6.20 Å². The number of likely N-dealkylation sites (tertiary alicyclic amines) is 1. The van der Waals surface area contributed by atoms with Crippen LogP contribution in [-0.2, 0) is 17.9 Å². The molecule has 1 saturated heterocycles. The summed E-state index contributed by atoms with van der Waals surface area (Å²) in [6, 6.07) is 0. The first-order valence-electron chi connectivity index (χ1n) is 7.10. The Kier molecular flexibility index (Phi) is 5.08. The first-order valence-corrected chi connectivity index (χ1v) is 7.10. The van der Waals surface area contributed by atoms with Crippen molar-refractivity contribution in [1.29, 1.82) is 0 Å². The van der Waals surface area contributed by atoms with Gasteiger partial charge in [0.15, 0.2) is 0 Å². The molecule has 1 fully saturated rings. The van der Waals surface area contributed by atoms with Crippen LogP contribution in [0.1, 0.15) is 18.5 Å². The van der Waals surface area contributed by atoms with E-state index in [-0.39, 0.29) is 12.5 Å². The van der Waals surface area contributed by atoms with Crippen LogP contribution in [0.2, 0.25) is 0 Å². The third-order valence-electron chi connectivity index (χ3n) is 3.89. The average Bonchev–Trinajstić information content (AvgIpc) is 2.89. The Bertz CT molecular complexity index is 438. The van der Waals surface area contributed by atoms with E-state index in [1.807, 2.05) is 7.05 Å². The summed E-state index contributed by atoms with van der Waals surface area (Å²) in [5.74, 6) is 0.674. The fraction of sp³-hybridized carbons (Fsp3) is 0.769. The van der Waals surface area contributed by atoms with Crippen molar-refractivity contribution in [2.24, 2.45) is 11.7 Å². The van der Waals surface area contributed by atoms with Crippen LogP contribution in [-0.4, -0.2) is 64.4 Å². The summed E-state index contributed by atoms with van der Waals surface area (Å²) >= 11 is 0. The van der Waals surface area contributed by atoms with Crippen molar-refractivity contribution < 1.29 is 4.79 Å². The number of likely N-dealkylation sites (N-methyl/N-ethyl adjacent to an activating group) is 1. The van der Waals surface area contributed by atoms with Crippen LogP contribution >= 0.6 is 0 Å². The van der Waals surface area contributed by atoms with Crippen molar-refractivity contribution in [2.45, 2.75) is 25.9 Å². The minimum Gasteiger partial charge on any atom is -0.344 e. The van der Waals surface area contributed by atoms with Crippen molar-refractivity contribution in [2.75, 3.05) is 33.7 Å². The van der Waals surface area contributed by atoms with Gasteiger partial charge in [-0.3, -0.25) is 4.79 Å². The highest BCUT2D eigenvalue weighted by Gasteiger charge is 2.20. The predicted molar refractivity (Wildman–Crippen MR) is 75.8 cm³/mol. The van der Waals surface area contributed by atoms with Gasteiger partial charge in [0.25, 0.3) is 0 Å². The van der Waals surface area contributed by atoms with E-state index in [1.54, 1.807) is 15.8 Å². The molecule has 2 rings (SSSR count). The van der Waals surface area contributed by atoms with E-state index in [2.05, 4.69) is 22.3 Å². The fourth-order valence-corrected chi connectivity index (χ4v) is 2.50. The van der Waals surface area contributed by atoms with Crippen molar-refractivity contribution in [3.8, 4) is 0 Å². The maximum Gasteiger partial charge on any atom is 0.244 e. The number of amides is 1. The molecule has 2 N–H and O–H groups in total. The lowest BCUT2D eigenvalue weighted by molar-refractivity contribution is -0.131. The van der Waals surface area contributed by atoms with Crippen molar-refractivity contribution in [1.82, 2.24) is 24.8 Å². The van der Waals surface area contributed by atoms with Gasteiger partial charge in [0, 0.05) is 20.1 Å². The van der Waals surface area contributed by atoms with Gasteiger partial charge in [-0.05, 0) is 38.9 Å². The number of hydrogen-bond acceptors (Lipinski definition) is 5. The van der Waals surface area contributed by atoms with E-state index >= 15 is 0 Å². The molecule has 1 aliphatic rings. The minimum absolute atomic E-state index is 0.0670. The number of carbonyl (C=O) groups is 1. The summed E-state index contributed by atoms with van der Waals surface area (Å²) in [7, 11) is 4.01. The predicted octanol–water partition coefficient (Wildman–Crippen LogP) is -0.463. The summed E-state index contributed by atoms with van der Waals surface area (Å²) in [5, 5.41) is 7.78. The zero-order valence-electron chi connectivity index (χ0n) is 12.3. The number of piperidine rings is 1. The second-order valence-corrected chi connectivity index (χ2v) is 5.63. The second kappa shape index (κ2) is 6.81. The zero-order chi connectivity index (χ0) is 14.5. The molecule has 0 saturated carbocycles. The van der Waals surface area contributed by atoms with Gasteiger partial charge in [0.1, 0.15) is 6.54 Å². The van der Waals surface area contributed by atoms with Gasteiger partial charge in [0.2, 0.25) is 5.91 Å². The summed E-state index contributed by atoms with van der Waals surface area (Å²) in [6.07, 6.45) is 4.05. The van der Waals surface area contributed by atoms with Crippen molar-refractivity contribution in [3.05, 3.63) is 11.9 Å². The molecule has 0 radical (unpaired) electrons. The van der Waals surface area contributed by atoms with Gasteiger partial charge in [-0.2, -0.15) is 0 Å². The Hall–Kier alpha value is -1.47. The molecule has 1 amide bonds. The molecular weight excluding hydrogens is 256 g/mol. The molecule has 0 spiro atoms. The smallest absolute Gasteiger partial charge is 0.244 e. The summed E-state index contributed by atoms with van der Waals surface area (Å²) in [6.45, 7) is 3.64. The van der Waals surface area contributed by atoms with Gasteiger partial charge < -0.3 is 15.5 Å². The van der Waals surface area contributed by atoms with Gasteiger partial charge in [-0.1, -0.05) is 5.21 Å². The van der Waals surface area contributed by atoms with Gasteiger partial charge in [-0.15, -0.1) is 5.10 Å². The summed E-state index contributed by atoms with van der Waals surface area (Å²) in [4.78, 5) is 16.3. The van der Waals surface area contributed by atoms with Gasteiger partial charge in [0.05, 0.1) is 11.9 Å². The molecule has 1 aromatic rings. The first kappa shape index (κ1) is 14.9. The summed E-state index contributed by atoms with van der Waals surface area (Å²) < 4.78 is 1.55. The monoisotopic (exact) mass is 280 g/mol. The number of hydrogen-bond donors (Lipinski definition) is 1. The van der Waals surface area contributed by atoms with E-state index in [9.17, 15) is 4.79 Å². The van der Waals surface area contributed by atoms with Gasteiger partial charge in [-0.25, -0.2) is 4.68 Å². The first-order chi connectivity index (χ1) is 9.58. The number of aromatic nitrogens is 3. The van der Waals surface area contributed by atoms with Crippen LogP contribution in [0.5, 0.6) is 0 Å². The molecule has 0 bridgehead atoms. The molecule has 0 unspecified atom stereocenters. The molecule has 7 heteroatoms. The lowest BCUT2D eigenvalue weighted by atomic mass is 9.97. The highest BCUT2D eigenvalue weighted by atomic mass is 16.2. The standard InChI is InChI=1S/C13H24N6O/c1-17-5-3-11(4-6-17)8-18(2)13(20)10-19-9-12(7-14)15-16-19/h9,11H,3-8,10,14H2,1-2H3. The molecule has 0 aliphatic carbocycles. The zero-order valence-corrected chi connectivity index (χ0v) is 12.3. The van der Waals surface area contributed by atoms with Crippen LogP contribution in [0.25, 0.3) is 0 Å². The second-order valence-electron chi connectivity index (χ2n) is 5.63. The molecular formula is C13H24N6O. The molecule has 20 heavy (non-hydrogen) atoms. The molecule has 1 aromatic heterocycles. The average molecular weight is 280 g/mol. The third-order valence-corrected chi connectivity index (χ3v) is 3.89. The minimum atomic E-state index is 0.0670. The SMILES string of the molecule is CN1CCC(CN(C)C(=O)Cn2cc(CN)nn2)CC1. The lowest BCUT2D eigenvalue weighted by Gasteiger charge is -2.31. The lowest BCUT2D eigenvalue weighted by Crippen LogP contribution is -2.39. The van der Waals surface area contributed by atoms with E-state index in [0.717, 1.165) is 32.5 Å².